The molecule has 0 bridgehead atoms. The molecule has 8 nitrogen and oxygen atoms in total. The molecule has 0 unspecified atom stereocenters. The number of carboxylic acids is 2. The van der Waals surface area contributed by atoms with Gasteiger partial charge in [-0.2, -0.15) is 0 Å². The zero-order valence-electron chi connectivity index (χ0n) is 13.0. The minimum absolute atomic E-state index is 0.558. The maximum atomic E-state index is 9.55. The van der Waals surface area contributed by atoms with Crippen LogP contribution in [0.2, 0.25) is 0 Å². The van der Waals surface area contributed by atoms with Gasteiger partial charge in [-0.25, -0.2) is 14.6 Å². The molecular weight excluding hydrogens is 382 g/mol. The highest BCUT2D eigenvalue weighted by Crippen LogP contribution is 2.32. The number of hydrogen-bond acceptors (Lipinski definition) is 6. The lowest BCUT2D eigenvalue weighted by molar-refractivity contribution is -0.134. The molecule has 0 saturated carbocycles. The number of ether oxygens (including phenoxy) is 1. The van der Waals surface area contributed by atoms with Crippen LogP contribution in [0.3, 0.4) is 0 Å². The maximum absolute atomic E-state index is 9.55. The lowest BCUT2D eigenvalue weighted by Crippen LogP contribution is -2.51. The standard InChI is InChI=1S/C11H14BrN3O.C4H4O4/c1-16-10-2-8(4-14-11(10)12)15-5-7-3-13-9(7)6-15;5-3(6)1-2-4(7)8/h2,4,7,9,13H,3,5-6H2,1H3;1-2H,(H,5,6)(H,7,8)/b;2-1+/t7-,9+;/m0./s1. The predicted octanol–water partition coefficient (Wildman–Crippen LogP) is 0.972. The van der Waals surface area contributed by atoms with E-state index in [0.717, 1.165) is 41.6 Å². The first-order valence-electron chi connectivity index (χ1n) is 7.22. The Hall–Kier alpha value is -2.13. The summed E-state index contributed by atoms with van der Waals surface area (Å²) in [5.74, 6) is -0.904. The van der Waals surface area contributed by atoms with Crippen molar-refractivity contribution in [2.75, 3.05) is 31.6 Å². The highest BCUT2D eigenvalue weighted by atomic mass is 79.9. The summed E-state index contributed by atoms with van der Waals surface area (Å²) >= 11 is 3.37. The number of nitrogens with one attached hydrogen (secondary N) is 1. The Morgan fingerprint density at radius 3 is 2.46 bits per heavy atom. The molecule has 0 aromatic carbocycles. The summed E-state index contributed by atoms with van der Waals surface area (Å²) in [6.45, 7) is 3.36. The van der Waals surface area contributed by atoms with Crippen molar-refractivity contribution in [1.29, 1.82) is 0 Å². The number of fused-ring (bicyclic) bond motifs is 1. The van der Waals surface area contributed by atoms with Gasteiger partial charge < -0.3 is 25.2 Å². The fraction of sp³-hybridized carbons (Fsp3) is 0.400. The zero-order valence-corrected chi connectivity index (χ0v) is 14.6. The van der Waals surface area contributed by atoms with Crippen LogP contribution < -0.4 is 15.0 Å². The molecule has 0 aliphatic carbocycles. The molecule has 2 fully saturated rings. The van der Waals surface area contributed by atoms with Crippen LogP contribution in [-0.4, -0.2) is 59.9 Å². The fourth-order valence-electron chi connectivity index (χ4n) is 2.54. The molecule has 0 radical (unpaired) electrons. The van der Waals surface area contributed by atoms with Gasteiger partial charge in [0.05, 0.1) is 19.0 Å². The van der Waals surface area contributed by atoms with Crippen molar-refractivity contribution in [3.05, 3.63) is 29.0 Å². The normalized spacial score (nSPS) is 21.5. The number of carbonyl (C=O) groups is 2. The van der Waals surface area contributed by atoms with E-state index in [1.54, 1.807) is 7.11 Å². The minimum Gasteiger partial charge on any atom is -0.494 e. The number of hydrogen-bond donors (Lipinski definition) is 3. The zero-order chi connectivity index (χ0) is 17.7. The molecule has 130 valence electrons. The van der Waals surface area contributed by atoms with E-state index in [4.69, 9.17) is 14.9 Å². The van der Waals surface area contributed by atoms with Gasteiger partial charge in [0.2, 0.25) is 0 Å². The molecule has 0 amide bonds. The average molecular weight is 400 g/mol. The van der Waals surface area contributed by atoms with E-state index in [0.29, 0.717) is 18.2 Å². The molecule has 2 saturated heterocycles. The Bertz CT molecular complexity index is 624. The molecule has 2 aliphatic heterocycles. The molecule has 9 heteroatoms. The van der Waals surface area contributed by atoms with Gasteiger partial charge in [0, 0.05) is 49.8 Å². The lowest BCUT2D eigenvalue weighted by Gasteiger charge is -2.29. The molecule has 2 aliphatic rings. The highest BCUT2D eigenvalue weighted by Gasteiger charge is 2.39. The fourth-order valence-corrected chi connectivity index (χ4v) is 2.92. The second-order valence-electron chi connectivity index (χ2n) is 5.38. The largest absolute Gasteiger partial charge is 0.494 e. The van der Waals surface area contributed by atoms with Crippen molar-refractivity contribution in [3.63, 3.8) is 0 Å². The van der Waals surface area contributed by atoms with E-state index < -0.39 is 11.9 Å². The molecule has 3 heterocycles. The maximum Gasteiger partial charge on any atom is 0.328 e. The third-order valence-electron chi connectivity index (χ3n) is 3.83. The minimum atomic E-state index is -1.26. The second-order valence-corrected chi connectivity index (χ2v) is 6.13. The first kappa shape index (κ1) is 18.2. The van der Waals surface area contributed by atoms with Gasteiger partial charge in [0.25, 0.3) is 0 Å². The van der Waals surface area contributed by atoms with Crippen molar-refractivity contribution >= 4 is 33.6 Å². The van der Waals surface area contributed by atoms with Gasteiger partial charge in [0.1, 0.15) is 4.60 Å². The molecule has 1 aromatic rings. The van der Waals surface area contributed by atoms with Gasteiger partial charge >= 0.3 is 11.9 Å². The summed E-state index contributed by atoms with van der Waals surface area (Å²) in [6, 6.07) is 2.72. The van der Waals surface area contributed by atoms with Gasteiger partial charge in [-0.05, 0) is 15.9 Å². The van der Waals surface area contributed by atoms with Gasteiger partial charge in [-0.3, -0.25) is 0 Å². The van der Waals surface area contributed by atoms with Crippen LogP contribution in [-0.2, 0) is 9.59 Å². The topological polar surface area (TPSA) is 112 Å². The molecule has 0 spiro atoms. The number of aliphatic carboxylic acids is 2. The van der Waals surface area contributed by atoms with E-state index in [1.807, 2.05) is 12.3 Å². The van der Waals surface area contributed by atoms with Crippen LogP contribution >= 0.6 is 15.9 Å². The molecule has 3 rings (SSSR count). The SMILES string of the molecule is COc1cc(N2C[C@@H]3CN[C@@H]3C2)cnc1Br.O=C(O)/C=C/C(=O)O. The number of aromatic nitrogens is 1. The van der Waals surface area contributed by atoms with Gasteiger partial charge in [0.15, 0.2) is 5.75 Å². The third-order valence-corrected chi connectivity index (χ3v) is 4.42. The van der Waals surface area contributed by atoms with Crippen molar-refractivity contribution in [2.45, 2.75) is 6.04 Å². The van der Waals surface area contributed by atoms with Gasteiger partial charge in [-0.1, -0.05) is 0 Å². The molecule has 24 heavy (non-hydrogen) atoms. The van der Waals surface area contributed by atoms with Crippen molar-refractivity contribution < 1.29 is 24.5 Å². The Balaban J connectivity index is 0.000000224. The number of carboxylic acid groups (broad SMARTS) is 2. The number of nitrogens with zero attached hydrogens (tertiary/aromatic N) is 2. The Morgan fingerprint density at radius 2 is 2.04 bits per heavy atom. The van der Waals surface area contributed by atoms with E-state index in [9.17, 15) is 9.59 Å². The third kappa shape index (κ3) is 4.68. The number of anilines is 1. The van der Waals surface area contributed by atoms with Crippen LogP contribution in [0.25, 0.3) is 0 Å². The summed E-state index contributed by atoms with van der Waals surface area (Å²) in [4.78, 5) is 25.8. The summed E-state index contributed by atoms with van der Waals surface area (Å²) in [7, 11) is 1.67. The molecule has 2 atom stereocenters. The Kier molecular flexibility index (Phi) is 6.16. The van der Waals surface area contributed by atoms with E-state index in [1.165, 1.54) is 0 Å². The monoisotopic (exact) mass is 399 g/mol. The smallest absolute Gasteiger partial charge is 0.328 e. The van der Waals surface area contributed by atoms with Crippen LogP contribution in [0.5, 0.6) is 5.75 Å². The summed E-state index contributed by atoms with van der Waals surface area (Å²) < 4.78 is 6.03. The predicted molar refractivity (Wildman–Crippen MR) is 90.4 cm³/mol. The molecule has 3 N–H and O–H groups in total. The quantitative estimate of drug-likeness (QED) is 0.507. The van der Waals surface area contributed by atoms with Gasteiger partial charge in [-0.15, -0.1) is 0 Å². The Labute approximate surface area is 147 Å². The summed E-state index contributed by atoms with van der Waals surface area (Å²) in [5.41, 5.74) is 1.15. The number of methoxy groups -OCH3 is 1. The van der Waals surface area contributed by atoms with E-state index in [-0.39, 0.29) is 0 Å². The van der Waals surface area contributed by atoms with E-state index in [2.05, 4.69) is 31.1 Å². The Morgan fingerprint density at radius 1 is 1.38 bits per heavy atom. The first-order chi connectivity index (χ1) is 11.4. The van der Waals surface area contributed by atoms with Crippen molar-refractivity contribution in [2.24, 2.45) is 5.92 Å². The first-order valence-corrected chi connectivity index (χ1v) is 8.01. The molecule has 1 aromatic heterocycles. The van der Waals surface area contributed by atoms with Crippen LogP contribution in [0.4, 0.5) is 5.69 Å². The molecular formula is C15H18BrN3O5. The second kappa shape index (κ2) is 8.11. The summed E-state index contributed by atoms with van der Waals surface area (Å²) in [5, 5.41) is 19.1. The lowest BCUT2D eigenvalue weighted by atomic mass is 9.96. The van der Waals surface area contributed by atoms with E-state index >= 15 is 0 Å². The van der Waals surface area contributed by atoms with Crippen molar-refractivity contribution in [1.82, 2.24) is 10.3 Å². The van der Waals surface area contributed by atoms with Crippen molar-refractivity contribution in [3.8, 4) is 5.75 Å². The number of pyridine rings is 1. The number of rotatable bonds is 4. The van der Waals surface area contributed by atoms with Crippen LogP contribution in [0.1, 0.15) is 0 Å². The van der Waals surface area contributed by atoms with Crippen LogP contribution in [0.15, 0.2) is 29.0 Å². The highest BCUT2D eigenvalue weighted by molar-refractivity contribution is 9.10. The summed E-state index contributed by atoms with van der Waals surface area (Å²) in [6.07, 6.45) is 3.02. The number of halogens is 1. The average Bonchev–Trinajstić information content (AvgIpc) is 2.82. The van der Waals surface area contributed by atoms with Crippen LogP contribution in [0, 0.1) is 5.92 Å².